The highest BCUT2D eigenvalue weighted by molar-refractivity contribution is 7.92. The van der Waals surface area contributed by atoms with E-state index in [1.165, 1.54) is 29.2 Å². The van der Waals surface area contributed by atoms with Crippen LogP contribution in [0.15, 0.2) is 53.4 Å². The Kier molecular flexibility index (Phi) is 5.82. The quantitative estimate of drug-likeness (QED) is 0.838. The van der Waals surface area contributed by atoms with Crippen LogP contribution in [0.25, 0.3) is 0 Å². The van der Waals surface area contributed by atoms with Crippen LogP contribution in [0.5, 0.6) is 0 Å². The number of hydrogen-bond acceptors (Lipinski definition) is 4. The number of rotatable bonds is 6. The van der Waals surface area contributed by atoms with Gasteiger partial charge in [-0.2, -0.15) is 0 Å². The predicted molar refractivity (Wildman–Crippen MR) is 98.0 cm³/mol. The fourth-order valence-corrected chi connectivity index (χ4v) is 3.69. The fourth-order valence-electron chi connectivity index (χ4n) is 2.45. The molecule has 0 radical (unpaired) electrons. The summed E-state index contributed by atoms with van der Waals surface area (Å²) in [4.78, 5) is 25.1. The first-order valence-electron chi connectivity index (χ1n) is 8.05. The molecular weight excluding hydrogens is 354 g/mol. The summed E-state index contributed by atoms with van der Waals surface area (Å²) in [6, 6.07) is 12.4. The molecule has 1 amide bonds. The molecule has 0 spiro atoms. The van der Waals surface area contributed by atoms with E-state index in [0.717, 1.165) is 5.56 Å². The van der Waals surface area contributed by atoms with Crippen molar-refractivity contribution >= 4 is 21.7 Å². The molecule has 2 aromatic rings. The Morgan fingerprint density at radius 2 is 1.62 bits per heavy atom. The zero-order chi connectivity index (χ0) is 19.5. The third-order valence-corrected chi connectivity index (χ3v) is 6.22. The van der Waals surface area contributed by atoms with E-state index in [4.69, 9.17) is 5.11 Å². The molecule has 0 bridgehead atoms. The summed E-state index contributed by atoms with van der Waals surface area (Å²) in [5.74, 6) is -1.43. The molecule has 7 heteroatoms. The van der Waals surface area contributed by atoms with Crippen molar-refractivity contribution in [1.82, 2.24) is 4.90 Å². The van der Waals surface area contributed by atoms with E-state index in [1.807, 2.05) is 0 Å². The molecule has 0 aromatic heterocycles. The highest BCUT2D eigenvalue weighted by atomic mass is 32.2. The lowest BCUT2D eigenvalue weighted by Gasteiger charge is -2.20. The second kappa shape index (κ2) is 7.70. The maximum atomic E-state index is 12.8. The SMILES string of the molecule is CC(C)S(=O)(=O)c1ccccc1C(=O)N(C)Cc1ccc(C(=O)O)cc1. The standard InChI is InChI=1S/C19H21NO5S/c1-13(2)26(24,25)17-7-5-4-6-16(17)18(21)20(3)12-14-8-10-15(11-9-14)19(22)23/h4-11,13H,12H2,1-3H3,(H,22,23). The molecule has 0 heterocycles. The Hall–Kier alpha value is -2.67. The van der Waals surface area contributed by atoms with Gasteiger partial charge in [-0.15, -0.1) is 0 Å². The van der Waals surface area contributed by atoms with Crippen LogP contribution in [-0.2, 0) is 16.4 Å². The van der Waals surface area contributed by atoms with Gasteiger partial charge in [0.05, 0.1) is 21.3 Å². The normalized spacial score (nSPS) is 11.4. The van der Waals surface area contributed by atoms with E-state index >= 15 is 0 Å². The van der Waals surface area contributed by atoms with Gasteiger partial charge >= 0.3 is 5.97 Å². The number of amides is 1. The summed E-state index contributed by atoms with van der Waals surface area (Å²) in [6.07, 6.45) is 0. The minimum atomic E-state index is -3.59. The molecule has 2 rings (SSSR count). The Morgan fingerprint density at radius 3 is 2.15 bits per heavy atom. The van der Waals surface area contributed by atoms with Gasteiger partial charge in [0.15, 0.2) is 9.84 Å². The van der Waals surface area contributed by atoms with Crippen molar-refractivity contribution in [3.8, 4) is 0 Å². The van der Waals surface area contributed by atoms with E-state index in [0.29, 0.717) is 0 Å². The van der Waals surface area contributed by atoms with Crippen molar-refractivity contribution in [1.29, 1.82) is 0 Å². The van der Waals surface area contributed by atoms with Gasteiger partial charge in [0, 0.05) is 13.6 Å². The second-order valence-electron chi connectivity index (χ2n) is 6.25. The number of carbonyl (C=O) groups excluding carboxylic acids is 1. The molecule has 0 atom stereocenters. The van der Waals surface area contributed by atoms with Gasteiger partial charge in [-0.25, -0.2) is 13.2 Å². The Morgan fingerprint density at radius 1 is 1.04 bits per heavy atom. The average Bonchev–Trinajstić information content (AvgIpc) is 2.61. The highest BCUT2D eigenvalue weighted by Crippen LogP contribution is 2.22. The van der Waals surface area contributed by atoms with Gasteiger partial charge < -0.3 is 10.0 Å². The molecule has 26 heavy (non-hydrogen) atoms. The summed E-state index contributed by atoms with van der Waals surface area (Å²) in [5.41, 5.74) is 1.04. The number of carboxylic acids is 1. The number of carboxylic acid groups (broad SMARTS) is 1. The van der Waals surface area contributed by atoms with E-state index in [-0.39, 0.29) is 22.6 Å². The first-order valence-corrected chi connectivity index (χ1v) is 9.60. The Bertz CT molecular complexity index is 917. The zero-order valence-corrected chi connectivity index (χ0v) is 15.7. The van der Waals surface area contributed by atoms with Crippen LogP contribution in [-0.4, -0.2) is 42.6 Å². The van der Waals surface area contributed by atoms with Crippen LogP contribution in [0.4, 0.5) is 0 Å². The van der Waals surface area contributed by atoms with E-state index in [9.17, 15) is 18.0 Å². The van der Waals surface area contributed by atoms with E-state index in [1.54, 1.807) is 45.2 Å². The molecule has 0 fully saturated rings. The van der Waals surface area contributed by atoms with Gasteiger partial charge in [0.2, 0.25) is 0 Å². The molecule has 0 unspecified atom stereocenters. The lowest BCUT2D eigenvalue weighted by molar-refractivity contribution is 0.0695. The van der Waals surface area contributed by atoms with Crippen LogP contribution >= 0.6 is 0 Å². The minimum Gasteiger partial charge on any atom is -0.478 e. The maximum absolute atomic E-state index is 12.8. The number of hydrogen-bond donors (Lipinski definition) is 1. The molecule has 2 aromatic carbocycles. The third-order valence-electron chi connectivity index (χ3n) is 4.01. The number of carbonyl (C=O) groups is 2. The fraction of sp³-hybridized carbons (Fsp3) is 0.263. The largest absolute Gasteiger partial charge is 0.478 e. The lowest BCUT2D eigenvalue weighted by atomic mass is 10.1. The molecule has 0 saturated carbocycles. The van der Waals surface area contributed by atoms with Crippen LogP contribution in [0.3, 0.4) is 0 Å². The van der Waals surface area contributed by atoms with Crippen LogP contribution < -0.4 is 0 Å². The van der Waals surface area contributed by atoms with Crippen molar-refractivity contribution in [2.75, 3.05) is 7.05 Å². The minimum absolute atomic E-state index is 0.0214. The van der Waals surface area contributed by atoms with Crippen LogP contribution in [0, 0.1) is 0 Å². The number of sulfone groups is 1. The predicted octanol–water partition coefficient (Wildman–Crippen LogP) is 2.84. The summed E-state index contributed by atoms with van der Waals surface area (Å²) in [5, 5.41) is 8.29. The molecule has 0 aliphatic rings. The first-order chi connectivity index (χ1) is 12.1. The average molecular weight is 375 g/mol. The van der Waals surface area contributed by atoms with Crippen LogP contribution in [0.1, 0.15) is 40.1 Å². The summed E-state index contributed by atoms with van der Waals surface area (Å²) < 4.78 is 25.0. The van der Waals surface area contributed by atoms with Gasteiger partial charge in [0.1, 0.15) is 0 Å². The topological polar surface area (TPSA) is 91.8 Å². The van der Waals surface area contributed by atoms with Gasteiger partial charge in [-0.1, -0.05) is 24.3 Å². The monoisotopic (exact) mass is 375 g/mol. The van der Waals surface area contributed by atoms with Gasteiger partial charge in [0.25, 0.3) is 5.91 Å². The summed E-state index contributed by atoms with van der Waals surface area (Å²) >= 11 is 0. The summed E-state index contributed by atoms with van der Waals surface area (Å²) in [7, 11) is -2.01. The first kappa shape index (κ1) is 19.7. The van der Waals surface area contributed by atoms with E-state index < -0.39 is 27.0 Å². The van der Waals surface area contributed by atoms with Crippen molar-refractivity contribution < 1.29 is 23.1 Å². The Balaban J connectivity index is 2.28. The molecule has 138 valence electrons. The van der Waals surface area contributed by atoms with Gasteiger partial charge in [-0.05, 0) is 43.7 Å². The molecule has 0 saturated heterocycles. The van der Waals surface area contributed by atoms with Crippen LogP contribution in [0.2, 0.25) is 0 Å². The van der Waals surface area contributed by atoms with Crippen molar-refractivity contribution in [3.63, 3.8) is 0 Å². The Labute approximate surface area is 153 Å². The number of aromatic carboxylic acids is 1. The number of benzene rings is 2. The lowest BCUT2D eigenvalue weighted by Crippen LogP contribution is -2.28. The van der Waals surface area contributed by atoms with Gasteiger partial charge in [-0.3, -0.25) is 4.79 Å². The van der Waals surface area contributed by atoms with Crippen molar-refractivity contribution in [2.45, 2.75) is 30.5 Å². The maximum Gasteiger partial charge on any atom is 0.335 e. The highest BCUT2D eigenvalue weighted by Gasteiger charge is 2.26. The molecule has 1 N–H and O–H groups in total. The summed E-state index contributed by atoms with van der Waals surface area (Å²) in [6.45, 7) is 3.38. The van der Waals surface area contributed by atoms with Crippen molar-refractivity contribution in [2.24, 2.45) is 0 Å². The third kappa shape index (κ3) is 4.11. The van der Waals surface area contributed by atoms with Crippen molar-refractivity contribution in [3.05, 3.63) is 65.2 Å². The molecule has 0 aliphatic carbocycles. The molecule has 6 nitrogen and oxygen atoms in total. The molecular formula is C19H21NO5S. The smallest absolute Gasteiger partial charge is 0.335 e. The molecule has 0 aliphatic heterocycles. The second-order valence-corrected chi connectivity index (χ2v) is 8.73. The zero-order valence-electron chi connectivity index (χ0n) is 14.8. The van der Waals surface area contributed by atoms with E-state index in [2.05, 4.69) is 0 Å². The number of nitrogens with zero attached hydrogens (tertiary/aromatic N) is 1.